The highest BCUT2D eigenvalue weighted by Crippen LogP contribution is 2.56. The Bertz CT molecular complexity index is 1170. The molecule has 8 nitrogen and oxygen atoms in total. The van der Waals surface area contributed by atoms with Gasteiger partial charge in [-0.05, 0) is 67.9 Å². The summed E-state index contributed by atoms with van der Waals surface area (Å²) in [5, 5.41) is 24.9. The Hall–Kier alpha value is -3.68. The second-order valence-electron chi connectivity index (χ2n) is 10.5. The van der Waals surface area contributed by atoms with Crippen molar-refractivity contribution >= 4 is 29.4 Å². The quantitative estimate of drug-likeness (QED) is 0.435. The molecule has 1 aliphatic rings. The summed E-state index contributed by atoms with van der Waals surface area (Å²) in [6.45, 7) is 8.89. The van der Waals surface area contributed by atoms with Gasteiger partial charge in [-0.15, -0.1) is 0 Å². The average molecular weight is 495 g/mol. The van der Waals surface area contributed by atoms with Gasteiger partial charge in [-0.25, -0.2) is 4.79 Å². The van der Waals surface area contributed by atoms with Gasteiger partial charge in [-0.1, -0.05) is 44.2 Å². The number of carbonyl (C=O) groups is 4. The normalized spacial score (nSPS) is 21.4. The van der Waals surface area contributed by atoms with Crippen LogP contribution in [0.15, 0.2) is 42.5 Å². The Balaban J connectivity index is 1.68. The second kappa shape index (κ2) is 10.1. The molecule has 1 saturated carbocycles. The molecule has 0 radical (unpaired) electrons. The summed E-state index contributed by atoms with van der Waals surface area (Å²) in [5.74, 6) is -3.41. The zero-order valence-electron chi connectivity index (χ0n) is 21.3. The Morgan fingerprint density at radius 2 is 1.56 bits per heavy atom. The highest BCUT2D eigenvalue weighted by Gasteiger charge is 2.58. The second-order valence-corrected chi connectivity index (χ2v) is 10.5. The summed E-state index contributed by atoms with van der Waals surface area (Å²) >= 11 is 0. The zero-order valence-corrected chi connectivity index (χ0v) is 21.3. The standard InChI is InChI=1S/C28H34N2O6/c1-16-7-6-8-17(2)22(16)24(32)29-19-11-9-18(10-12-19)15-21(25(33)34)30-23(31)20-13-14-28(5,26(35)36)27(20,3)4/h6-12,20-21H,13-15H2,1-5H3,(H,29,32)(H,30,31)(H,33,34)(H,35,36)/t20?,21-,28?/m0/s1. The number of aryl methyl sites for hydroxylation is 2. The van der Waals surface area contributed by atoms with E-state index in [1.165, 1.54) is 0 Å². The maximum Gasteiger partial charge on any atom is 0.326 e. The largest absolute Gasteiger partial charge is 0.481 e. The van der Waals surface area contributed by atoms with Crippen LogP contribution < -0.4 is 10.6 Å². The van der Waals surface area contributed by atoms with Gasteiger partial charge < -0.3 is 20.8 Å². The van der Waals surface area contributed by atoms with Crippen LogP contribution in [0.5, 0.6) is 0 Å². The molecule has 3 atom stereocenters. The van der Waals surface area contributed by atoms with E-state index >= 15 is 0 Å². The molecule has 0 spiro atoms. The van der Waals surface area contributed by atoms with Gasteiger partial charge in [0.2, 0.25) is 5.91 Å². The van der Waals surface area contributed by atoms with Crippen molar-refractivity contribution in [1.29, 1.82) is 0 Å². The first-order valence-corrected chi connectivity index (χ1v) is 12.0. The minimum absolute atomic E-state index is 0.0511. The molecule has 0 bridgehead atoms. The first-order valence-electron chi connectivity index (χ1n) is 12.0. The van der Waals surface area contributed by atoms with Gasteiger partial charge in [0.05, 0.1) is 5.41 Å². The molecule has 4 N–H and O–H groups in total. The fourth-order valence-electron chi connectivity index (χ4n) is 5.14. The monoisotopic (exact) mass is 494 g/mol. The van der Waals surface area contributed by atoms with Crippen molar-refractivity contribution in [3.63, 3.8) is 0 Å². The number of hydrogen-bond donors (Lipinski definition) is 4. The van der Waals surface area contributed by atoms with Gasteiger partial charge in [0.15, 0.2) is 0 Å². The molecule has 2 unspecified atom stereocenters. The summed E-state index contributed by atoms with van der Waals surface area (Å²) < 4.78 is 0. The van der Waals surface area contributed by atoms with Crippen LogP contribution in [0.2, 0.25) is 0 Å². The third kappa shape index (κ3) is 5.12. The molecule has 2 aromatic rings. The van der Waals surface area contributed by atoms with Crippen molar-refractivity contribution < 1.29 is 29.4 Å². The summed E-state index contributed by atoms with van der Waals surface area (Å²) in [6, 6.07) is 11.3. The molecule has 0 aliphatic heterocycles. The van der Waals surface area contributed by atoms with Gasteiger partial charge >= 0.3 is 11.9 Å². The predicted octanol–water partition coefficient (Wildman–Crippen LogP) is 4.19. The van der Waals surface area contributed by atoms with E-state index in [-0.39, 0.29) is 12.3 Å². The van der Waals surface area contributed by atoms with Crippen LogP contribution in [-0.4, -0.2) is 40.0 Å². The minimum atomic E-state index is -1.17. The molecule has 36 heavy (non-hydrogen) atoms. The average Bonchev–Trinajstić information content (AvgIpc) is 3.04. The number of carboxylic acids is 2. The lowest BCUT2D eigenvalue weighted by Crippen LogP contribution is -2.49. The van der Waals surface area contributed by atoms with Gasteiger partial charge in [0, 0.05) is 23.6 Å². The highest BCUT2D eigenvalue weighted by atomic mass is 16.4. The van der Waals surface area contributed by atoms with Crippen molar-refractivity contribution in [2.45, 2.75) is 59.9 Å². The third-order valence-corrected chi connectivity index (χ3v) is 7.99. The fraction of sp³-hybridized carbons (Fsp3) is 0.429. The van der Waals surface area contributed by atoms with Crippen molar-refractivity contribution in [3.05, 3.63) is 64.7 Å². The van der Waals surface area contributed by atoms with Crippen LogP contribution in [0.25, 0.3) is 0 Å². The van der Waals surface area contributed by atoms with E-state index in [0.29, 0.717) is 29.7 Å². The Morgan fingerprint density at radius 3 is 2.06 bits per heavy atom. The maximum absolute atomic E-state index is 13.0. The smallest absolute Gasteiger partial charge is 0.326 e. The zero-order chi connectivity index (χ0) is 26.8. The Morgan fingerprint density at radius 1 is 0.972 bits per heavy atom. The first kappa shape index (κ1) is 26.9. The summed E-state index contributed by atoms with van der Waals surface area (Å²) in [5.41, 5.74) is 1.71. The summed E-state index contributed by atoms with van der Waals surface area (Å²) in [6.07, 6.45) is 0.776. The van der Waals surface area contributed by atoms with Crippen molar-refractivity contribution in [2.24, 2.45) is 16.7 Å². The van der Waals surface area contributed by atoms with Crippen LogP contribution in [0.3, 0.4) is 0 Å². The summed E-state index contributed by atoms with van der Waals surface area (Å²) in [7, 11) is 0. The first-order chi connectivity index (χ1) is 16.8. The lowest BCUT2D eigenvalue weighted by atomic mass is 9.65. The van der Waals surface area contributed by atoms with Gasteiger partial charge in [0.1, 0.15) is 6.04 Å². The Kier molecular flexibility index (Phi) is 7.57. The lowest BCUT2D eigenvalue weighted by Gasteiger charge is -2.38. The molecular weight excluding hydrogens is 460 g/mol. The van der Waals surface area contributed by atoms with E-state index in [4.69, 9.17) is 0 Å². The molecule has 0 heterocycles. The maximum atomic E-state index is 13.0. The number of anilines is 1. The molecule has 0 saturated heterocycles. The third-order valence-electron chi connectivity index (χ3n) is 7.99. The van der Waals surface area contributed by atoms with E-state index < -0.39 is 40.6 Å². The topological polar surface area (TPSA) is 133 Å². The fourth-order valence-corrected chi connectivity index (χ4v) is 5.14. The summed E-state index contributed by atoms with van der Waals surface area (Å²) in [4.78, 5) is 49.5. The molecule has 2 amide bonds. The van der Waals surface area contributed by atoms with Crippen LogP contribution in [0.4, 0.5) is 5.69 Å². The predicted molar refractivity (Wildman–Crippen MR) is 136 cm³/mol. The lowest BCUT2D eigenvalue weighted by molar-refractivity contribution is -0.155. The molecule has 1 aliphatic carbocycles. The van der Waals surface area contributed by atoms with Crippen LogP contribution in [0.1, 0.15) is 60.7 Å². The van der Waals surface area contributed by atoms with Crippen molar-refractivity contribution in [1.82, 2.24) is 5.32 Å². The van der Waals surface area contributed by atoms with E-state index in [9.17, 15) is 29.4 Å². The Labute approximate surface area is 211 Å². The van der Waals surface area contributed by atoms with E-state index in [1.54, 1.807) is 45.0 Å². The number of benzene rings is 2. The van der Waals surface area contributed by atoms with Crippen LogP contribution >= 0.6 is 0 Å². The van der Waals surface area contributed by atoms with E-state index in [2.05, 4.69) is 10.6 Å². The molecule has 1 fully saturated rings. The minimum Gasteiger partial charge on any atom is -0.481 e. The number of hydrogen-bond acceptors (Lipinski definition) is 4. The SMILES string of the molecule is Cc1cccc(C)c1C(=O)Nc1ccc(C[C@H](NC(=O)C2CCC(C)(C(=O)O)C2(C)C)C(=O)O)cc1. The highest BCUT2D eigenvalue weighted by molar-refractivity contribution is 6.06. The molecule has 8 heteroatoms. The van der Waals surface area contributed by atoms with Gasteiger partial charge in [-0.2, -0.15) is 0 Å². The number of carboxylic acid groups (broad SMARTS) is 2. The van der Waals surface area contributed by atoms with E-state index in [1.807, 2.05) is 32.0 Å². The molecule has 192 valence electrons. The van der Waals surface area contributed by atoms with Gasteiger partial charge in [-0.3, -0.25) is 14.4 Å². The van der Waals surface area contributed by atoms with Crippen LogP contribution in [-0.2, 0) is 20.8 Å². The number of rotatable bonds is 8. The number of amides is 2. The molecule has 2 aromatic carbocycles. The van der Waals surface area contributed by atoms with Crippen molar-refractivity contribution in [2.75, 3.05) is 5.32 Å². The van der Waals surface area contributed by atoms with Crippen LogP contribution in [0, 0.1) is 30.6 Å². The number of carbonyl (C=O) groups excluding carboxylic acids is 2. The van der Waals surface area contributed by atoms with Crippen molar-refractivity contribution in [3.8, 4) is 0 Å². The molecular formula is C28H34N2O6. The van der Waals surface area contributed by atoms with E-state index in [0.717, 1.165) is 11.1 Å². The number of nitrogens with one attached hydrogen (secondary N) is 2. The molecule has 0 aromatic heterocycles. The van der Waals surface area contributed by atoms with Gasteiger partial charge in [0.25, 0.3) is 5.91 Å². The number of aliphatic carboxylic acids is 2. The molecule has 3 rings (SSSR count).